The van der Waals surface area contributed by atoms with Crippen LogP contribution in [0.4, 0.5) is 4.79 Å². The van der Waals surface area contributed by atoms with Crippen molar-refractivity contribution in [1.29, 1.82) is 0 Å². The second kappa shape index (κ2) is 5.04. The van der Waals surface area contributed by atoms with Crippen LogP contribution in [0, 0.1) is 0 Å². The molecule has 2 rings (SSSR count). The maximum atomic E-state index is 12.0. The first-order valence-corrected chi connectivity index (χ1v) is 7.04. The highest BCUT2D eigenvalue weighted by molar-refractivity contribution is 9.10. The van der Waals surface area contributed by atoms with Gasteiger partial charge in [-0.15, -0.1) is 0 Å². The Hall–Kier alpha value is -1.23. The van der Waals surface area contributed by atoms with E-state index < -0.39 is 5.60 Å². The van der Waals surface area contributed by atoms with Gasteiger partial charge >= 0.3 is 6.09 Å². The van der Waals surface area contributed by atoms with Crippen LogP contribution < -0.4 is 0 Å². The van der Waals surface area contributed by atoms with Crippen molar-refractivity contribution >= 4 is 22.0 Å². The van der Waals surface area contributed by atoms with Gasteiger partial charge in [0, 0.05) is 13.1 Å². The molecule has 1 aromatic carbocycles. The molecule has 1 aliphatic heterocycles. The van der Waals surface area contributed by atoms with Crippen molar-refractivity contribution in [3.05, 3.63) is 27.7 Å². The van der Waals surface area contributed by atoms with Crippen molar-refractivity contribution in [3.63, 3.8) is 0 Å². The van der Waals surface area contributed by atoms with Crippen molar-refractivity contribution in [3.8, 4) is 5.75 Å². The lowest BCUT2D eigenvalue weighted by atomic mass is 10.00. The van der Waals surface area contributed by atoms with Gasteiger partial charge in [0.25, 0.3) is 0 Å². The third-order valence-corrected chi connectivity index (χ3v) is 3.57. The number of hydrogen-bond acceptors (Lipinski definition) is 3. The summed E-state index contributed by atoms with van der Waals surface area (Å²) in [5, 5.41) is 9.65. The molecule has 1 aliphatic rings. The average molecular weight is 328 g/mol. The summed E-state index contributed by atoms with van der Waals surface area (Å²) in [6.45, 7) is 6.71. The summed E-state index contributed by atoms with van der Waals surface area (Å²) in [4.78, 5) is 13.7. The first kappa shape index (κ1) is 14.2. The van der Waals surface area contributed by atoms with Gasteiger partial charge in [0.05, 0.1) is 4.47 Å². The van der Waals surface area contributed by atoms with Gasteiger partial charge in [0.15, 0.2) is 0 Å². The molecular formula is C14H18BrNO3. The lowest BCUT2D eigenvalue weighted by Gasteiger charge is -2.31. The summed E-state index contributed by atoms with van der Waals surface area (Å²) in [6.07, 6.45) is 0.442. The van der Waals surface area contributed by atoms with Gasteiger partial charge in [-0.3, -0.25) is 0 Å². The summed E-state index contributed by atoms with van der Waals surface area (Å²) in [7, 11) is 0. The van der Waals surface area contributed by atoms with Crippen molar-refractivity contribution < 1.29 is 14.6 Å². The molecule has 0 spiro atoms. The molecule has 0 unspecified atom stereocenters. The number of halogens is 1. The summed E-state index contributed by atoms with van der Waals surface area (Å²) < 4.78 is 6.02. The molecule has 0 radical (unpaired) electrons. The van der Waals surface area contributed by atoms with Gasteiger partial charge in [-0.25, -0.2) is 4.79 Å². The second-order valence-corrected chi connectivity index (χ2v) is 6.58. The van der Waals surface area contributed by atoms with Crippen molar-refractivity contribution in [2.24, 2.45) is 0 Å². The van der Waals surface area contributed by atoms with E-state index in [1.807, 2.05) is 26.8 Å². The fraction of sp³-hybridized carbons (Fsp3) is 0.500. The molecular weight excluding hydrogens is 310 g/mol. The van der Waals surface area contributed by atoms with Crippen LogP contribution in [-0.2, 0) is 17.7 Å². The number of aromatic hydroxyl groups is 1. The Labute approximate surface area is 121 Å². The monoisotopic (exact) mass is 327 g/mol. The summed E-state index contributed by atoms with van der Waals surface area (Å²) >= 11 is 3.30. The third-order valence-electron chi connectivity index (χ3n) is 2.93. The molecule has 104 valence electrons. The number of phenolic OH excluding ortho intramolecular Hbond substituents is 1. The van der Waals surface area contributed by atoms with E-state index in [2.05, 4.69) is 15.9 Å². The molecule has 19 heavy (non-hydrogen) atoms. The molecule has 0 saturated heterocycles. The molecule has 4 nitrogen and oxygen atoms in total. The van der Waals surface area contributed by atoms with Crippen LogP contribution in [0.25, 0.3) is 0 Å². The van der Waals surface area contributed by atoms with E-state index in [0.29, 0.717) is 17.6 Å². The molecule has 1 heterocycles. The third kappa shape index (κ3) is 3.41. The zero-order chi connectivity index (χ0) is 14.2. The van der Waals surface area contributed by atoms with Gasteiger partial charge in [-0.2, -0.15) is 0 Å². The molecule has 0 aliphatic carbocycles. The van der Waals surface area contributed by atoms with Gasteiger partial charge in [0.2, 0.25) is 0 Å². The minimum Gasteiger partial charge on any atom is -0.507 e. The highest BCUT2D eigenvalue weighted by atomic mass is 79.9. The maximum absolute atomic E-state index is 12.0. The van der Waals surface area contributed by atoms with E-state index in [9.17, 15) is 9.90 Å². The molecule has 5 heteroatoms. The fourth-order valence-electron chi connectivity index (χ4n) is 2.05. The van der Waals surface area contributed by atoms with Crippen LogP contribution in [0.1, 0.15) is 31.9 Å². The Morgan fingerprint density at radius 3 is 2.68 bits per heavy atom. The van der Waals surface area contributed by atoms with Crippen LogP contribution in [0.2, 0.25) is 0 Å². The van der Waals surface area contributed by atoms with Crippen LogP contribution in [0.15, 0.2) is 16.6 Å². The summed E-state index contributed by atoms with van der Waals surface area (Å²) in [6, 6.07) is 3.62. The summed E-state index contributed by atoms with van der Waals surface area (Å²) in [5.41, 5.74) is 1.65. The van der Waals surface area contributed by atoms with Crippen LogP contribution >= 0.6 is 15.9 Å². The zero-order valence-electron chi connectivity index (χ0n) is 11.4. The topological polar surface area (TPSA) is 49.8 Å². The Kier molecular flexibility index (Phi) is 3.76. The molecule has 0 atom stereocenters. The molecule has 0 bridgehead atoms. The highest BCUT2D eigenvalue weighted by Gasteiger charge is 2.26. The Bertz CT molecular complexity index is 508. The largest absolute Gasteiger partial charge is 0.507 e. The number of benzene rings is 1. The smallest absolute Gasteiger partial charge is 0.410 e. The number of carbonyl (C=O) groups excluding carboxylic acids is 1. The van der Waals surface area contributed by atoms with Crippen LogP contribution in [0.3, 0.4) is 0 Å². The Morgan fingerprint density at radius 1 is 1.37 bits per heavy atom. The highest BCUT2D eigenvalue weighted by Crippen LogP contribution is 2.31. The minimum absolute atomic E-state index is 0.240. The minimum atomic E-state index is -0.479. The summed E-state index contributed by atoms with van der Waals surface area (Å²) in [5.74, 6) is 0.240. The first-order chi connectivity index (χ1) is 8.76. The zero-order valence-corrected chi connectivity index (χ0v) is 13.0. The van der Waals surface area contributed by atoms with E-state index in [0.717, 1.165) is 17.5 Å². The first-order valence-electron chi connectivity index (χ1n) is 6.24. The number of ether oxygens (including phenoxy) is 1. The molecule has 0 fully saturated rings. The molecule has 1 amide bonds. The number of hydrogen-bond donors (Lipinski definition) is 1. The second-order valence-electron chi connectivity index (χ2n) is 5.72. The van der Waals surface area contributed by atoms with Crippen LogP contribution in [-0.4, -0.2) is 28.2 Å². The van der Waals surface area contributed by atoms with E-state index >= 15 is 0 Å². The van der Waals surface area contributed by atoms with E-state index in [1.54, 1.807) is 11.0 Å². The van der Waals surface area contributed by atoms with Gasteiger partial charge in [0.1, 0.15) is 11.4 Å². The normalized spacial score (nSPS) is 15.1. The van der Waals surface area contributed by atoms with E-state index in [4.69, 9.17) is 4.74 Å². The number of amides is 1. The average Bonchev–Trinajstić information content (AvgIpc) is 2.27. The fourth-order valence-corrected chi connectivity index (χ4v) is 2.44. The quantitative estimate of drug-likeness (QED) is 0.794. The standard InChI is InChI=1S/C14H18BrNO3/c1-14(2,3)19-13(18)16-5-4-9-7-12(17)11(15)6-10(9)8-16/h6-7,17H,4-5,8H2,1-3H3. The number of rotatable bonds is 0. The lowest BCUT2D eigenvalue weighted by molar-refractivity contribution is 0.0224. The Morgan fingerprint density at radius 2 is 2.05 bits per heavy atom. The SMILES string of the molecule is CC(C)(C)OC(=O)N1CCc2cc(O)c(Br)cc2C1. The number of carbonyl (C=O) groups is 1. The molecule has 0 aromatic heterocycles. The number of fused-ring (bicyclic) bond motifs is 1. The Balaban J connectivity index is 2.14. The van der Waals surface area contributed by atoms with Gasteiger partial charge in [-0.05, 0) is 66.4 Å². The number of phenols is 1. The van der Waals surface area contributed by atoms with E-state index in [1.165, 1.54) is 0 Å². The van der Waals surface area contributed by atoms with Gasteiger partial charge < -0.3 is 14.7 Å². The van der Waals surface area contributed by atoms with E-state index in [-0.39, 0.29) is 11.8 Å². The van der Waals surface area contributed by atoms with Crippen molar-refractivity contribution in [1.82, 2.24) is 4.90 Å². The molecule has 1 aromatic rings. The van der Waals surface area contributed by atoms with Crippen molar-refractivity contribution in [2.45, 2.75) is 39.3 Å². The van der Waals surface area contributed by atoms with Crippen molar-refractivity contribution in [2.75, 3.05) is 6.54 Å². The predicted molar refractivity (Wildman–Crippen MR) is 76.2 cm³/mol. The molecule has 0 saturated carbocycles. The van der Waals surface area contributed by atoms with Gasteiger partial charge in [-0.1, -0.05) is 0 Å². The lowest BCUT2D eigenvalue weighted by Crippen LogP contribution is -2.39. The molecule has 1 N–H and O–H groups in total. The maximum Gasteiger partial charge on any atom is 0.410 e. The van der Waals surface area contributed by atoms with Crippen LogP contribution in [0.5, 0.6) is 5.75 Å². The predicted octanol–water partition coefficient (Wildman–Crippen LogP) is 3.45. The number of nitrogens with zero attached hydrogens (tertiary/aromatic N) is 1.